The fourth-order valence-electron chi connectivity index (χ4n) is 3.59. The quantitative estimate of drug-likeness (QED) is 0.503. The highest BCUT2D eigenvalue weighted by atomic mass is 16.5. The number of fused-ring (bicyclic) bond motifs is 1. The van der Waals surface area contributed by atoms with Crippen LogP contribution < -0.4 is 10.1 Å². The number of nitrogens with one attached hydrogen (secondary N) is 1. The number of methoxy groups -OCH3 is 1. The van der Waals surface area contributed by atoms with Crippen LogP contribution in [0.1, 0.15) is 21.5 Å². The van der Waals surface area contributed by atoms with Gasteiger partial charge in [0.05, 0.1) is 7.11 Å². The second-order valence-electron chi connectivity index (χ2n) is 7.02. The van der Waals surface area contributed by atoms with Gasteiger partial charge in [0.2, 0.25) is 0 Å². The molecule has 4 rings (SSSR count). The molecule has 1 aromatic heterocycles. The number of rotatable bonds is 7. The minimum Gasteiger partial charge on any atom is -0.497 e. The van der Waals surface area contributed by atoms with Gasteiger partial charge in [-0.15, -0.1) is 0 Å². The number of amides is 1. The standard InChI is InChI=1S/C25H24N2O2/c1-29-22-13-11-20(12-14-22)25(28)26-16-15-21-18-27(17-19-7-3-2-4-8-19)24-10-6-5-9-23(21)24/h2-14,18H,15-17H2,1H3,(H,26,28). The summed E-state index contributed by atoms with van der Waals surface area (Å²) in [6.45, 7) is 1.42. The fraction of sp³-hybridized carbons (Fsp3) is 0.160. The van der Waals surface area contributed by atoms with Gasteiger partial charge in [0.25, 0.3) is 5.91 Å². The summed E-state index contributed by atoms with van der Waals surface area (Å²) in [5, 5.41) is 4.26. The number of hydrogen-bond donors (Lipinski definition) is 1. The van der Waals surface area contributed by atoms with E-state index in [-0.39, 0.29) is 5.91 Å². The van der Waals surface area contributed by atoms with Crippen LogP contribution in [0.15, 0.2) is 85.1 Å². The lowest BCUT2D eigenvalue weighted by molar-refractivity contribution is 0.0954. The first-order valence-electron chi connectivity index (χ1n) is 9.77. The van der Waals surface area contributed by atoms with E-state index < -0.39 is 0 Å². The zero-order valence-corrected chi connectivity index (χ0v) is 16.5. The Hall–Kier alpha value is -3.53. The molecule has 0 aliphatic heterocycles. The molecule has 0 aliphatic carbocycles. The predicted molar refractivity (Wildman–Crippen MR) is 117 cm³/mol. The van der Waals surface area contributed by atoms with Gasteiger partial charge in [0.1, 0.15) is 5.75 Å². The molecule has 0 unspecified atom stereocenters. The molecule has 0 spiro atoms. The van der Waals surface area contributed by atoms with Crippen LogP contribution in [0, 0.1) is 0 Å². The van der Waals surface area contributed by atoms with Gasteiger partial charge in [-0.2, -0.15) is 0 Å². The van der Waals surface area contributed by atoms with Crippen molar-refractivity contribution in [3.05, 3.63) is 102 Å². The van der Waals surface area contributed by atoms with Crippen LogP contribution in [0.5, 0.6) is 5.75 Å². The third-order valence-electron chi connectivity index (χ3n) is 5.10. The number of carbonyl (C=O) groups excluding carboxylic acids is 1. The number of carbonyl (C=O) groups is 1. The van der Waals surface area contributed by atoms with Crippen molar-refractivity contribution >= 4 is 16.8 Å². The van der Waals surface area contributed by atoms with Crippen LogP contribution in [0.25, 0.3) is 10.9 Å². The van der Waals surface area contributed by atoms with E-state index in [2.05, 4.69) is 64.6 Å². The zero-order valence-electron chi connectivity index (χ0n) is 16.5. The van der Waals surface area contributed by atoms with Crippen molar-refractivity contribution < 1.29 is 9.53 Å². The average Bonchev–Trinajstić information content (AvgIpc) is 3.12. The molecule has 0 bridgehead atoms. The number of hydrogen-bond acceptors (Lipinski definition) is 2. The molecule has 4 nitrogen and oxygen atoms in total. The molecule has 1 amide bonds. The maximum Gasteiger partial charge on any atom is 0.251 e. The van der Waals surface area contributed by atoms with Crippen molar-refractivity contribution in [2.75, 3.05) is 13.7 Å². The lowest BCUT2D eigenvalue weighted by Crippen LogP contribution is -2.25. The molecule has 0 fully saturated rings. The zero-order chi connectivity index (χ0) is 20.1. The smallest absolute Gasteiger partial charge is 0.251 e. The van der Waals surface area contributed by atoms with E-state index in [1.54, 1.807) is 31.4 Å². The topological polar surface area (TPSA) is 43.3 Å². The molecule has 29 heavy (non-hydrogen) atoms. The number of benzene rings is 3. The Morgan fingerprint density at radius 3 is 2.41 bits per heavy atom. The lowest BCUT2D eigenvalue weighted by Gasteiger charge is -2.06. The summed E-state index contributed by atoms with van der Waals surface area (Å²) < 4.78 is 7.42. The molecule has 0 atom stereocenters. The fourth-order valence-corrected chi connectivity index (χ4v) is 3.59. The van der Waals surface area contributed by atoms with Crippen molar-refractivity contribution in [2.45, 2.75) is 13.0 Å². The highest BCUT2D eigenvalue weighted by Crippen LogP contribution is 2.23. The predicted octanol–water partition coefficient (Wildman–Crippen LogP) is 4.67. The Labute approximate surface area is 170 Å². The summed E-state index contributed by atoms with van der Waals surface area (Å²) in [6.07, 6.45) is 2.99. The molecule has 4 aromatic rings. The summed E-state index contributed by atoms with van der Waals surface area (Å²) in [4.78, 5) is 12.4. The summed E-state index contributed by atoms with van der Waals surface area (Å²) in [5.74, 6) is 0.674. The van der Waals surface area contributed by atoms with Gasteiger partial charge < -0.3 is 14.6 Å². The summed E-state index contributed by atoms with van der Waals surface area (Å²) >= 11 is 0. The van der Waals surface area contributed by atoms with E-state index in [0.717, 1.165) is 18.7 Å². The third kappa shape index (κ3) is 4.32. The molecule has 1 heterocycles. The molecule has 146 valence electrons. The molecule has 1 N–H and O–H groups in total. The first-order valence-corrected chi connectivity index (χ1v) is 9.77. The molecule has 0 saturated carbocycles. The first kappa shape index (κ1) is 18.8. The average molecular weight is 384 g/mol. The van der Waals surface area contributed by atoms with Crippen LogP contribution in [-0.2, 0) is 13.0 Å². The maximum atomic E-state index is 12.4. The van der Waals surface area contributed by atoms with Gasteiger partial charge in [-0.3, -0.25) is 4.79 Å². The van der Waals surface area contributed by atoms with Gasteiger partial charge in [-0.25, -0.2) is 0 Å². The third-order valence-corrected chi connectivity index (χ3v) is 5.10. The number of aromatic nitrogens is 1. The van der Waals surface area contributed by atoms with Crippen LogP contribution in [0.4, 0.5) is 0 Å². The normalized spacial score (nSPS) is 10.8. The van der Waals surface area contributed by atoms with Crippen LogP contribution in [0.3, 0.4) is 0 Å². The lowest BCUT2D eigenvalue weighted by atomic mass is 10.1. The minimum absolute atomic E-state index is 0.0688. The second-order valence-corrected chi connectivity index (χ2v) is 7.02. The van der Waals surface area contributed by atoms with Crippen molar-refractivity contribution in [3.63, 3.8) is 0 Å². The number of para-hydroxylation sites is 1. The Bertz CT molecular complexity index is 1100. The van der Waals surface area contributed by atoms with Crippen LogP contribution in [0.2, 0.25) is 0 Å². The minimum atomic E-state index is -0.0688. The van der Waals surface area contributed by atoms with E-state index >= 15 is 0 Å². The van der Waals surface area contributed by atoms with Gasteiger partial charge in [0.15, 0.2) is 0 Å². The molecule has 0 saturated heterocycles. The molecule has 0 radical (unpaired) electrons. The van der Waals surface area contributed by atoms with Crippen molar-refractivity contribution in [1.29, 1.82) is 0 Å². The molecule has 3 aromatic carbocycles. The van der Waals surface area contributed by atoms with Gasteiger partial charge in [-0.05, 0) is 47.9 Å². The largest absolute Gasteiger partial charge is 0.497 e. The summed E-state index contributed by atoms with van der Waals surface area (Å²) in [7, 11) is 1.61. The molecular formula is C25H24N2O2. The van der Waals surface area contributed by atoms with Gasteiger partial charge in [-0.1, -0.05) is 48.5 Å². The van der Waals surface area contributed by atoms with E-state index in [1.807, 2.05) is 6.07 Å². The SMILES string of the molecule is COc1ccc(C(=O)NCCc2cn(Cc3ccccc3)c3ccccc23)cc1. The molecule has 0 aliphatic rings. The van der Waals surface area contributed by atoms with E-state index in [0.29, 0.717) is 12.1 Å². The Morgan fingerprint density at radius 2 is 1.66 bits per heavy atom. The Morgan fingerprint density at radius 1 is 0.931 bits per heavy atom. The molecular weight excluding hydrogens is 360 g/mol. The highest BCUT2D eigenvalue weighted by molar-refractivity contribution is 5.94. The number of nitrogens with zero attached hydrogens (tertiary/aromatic N) is 1. The van der Waals surface area contributed by atoms with Crippen molar-refractivity contribution in [2.24, 2.45) is 0 Å². The molecule has 4 heteroatoms. The van der Waals surface area contributed by atoms with Crippen LogP contribution >= 0.6 is 0 Å². The van der Waals surface area contributed by atoms with E-state index in [1.165, 1.54) is 22.0 Å². The summed E-state index contributed by atoms with van der Waals surface area (Å²) in [5.41, 5.74) is 4.37. The van der Waals surface area contributed by atoms with Crippen LogP contribution in [-0.4, -0.2) is 24.1 Å². The van der Waals surface area contributed by atoms with E-state index in [9.17, 15) is 4.79 Å². The Balaban J connectivity index is 1.45. The maximum absolute atomic E-state index is 12.4. The second kappa shape index (κ2) is 8.65. The summed E-state index contributed by atoms with van der Waals surface area (Å²) in [6, 6.07) is 26.0. The highest BCUT2D eigenvalue weighted by Gasteiger charge is 2.10. The van der Waals surface area contributed by atoms with Crippen molar-refractivity contribution in [1.82, 2.24) is 9.88 Å². The number of ether oxygens (including phenoxy) is 1. The monoisotopic (exact) mass is 384 g/mol. The van der Waals surface area contributed by atoms with Gasteiger partial charge in [0, 0.05) is 35.8 Å². The first-order chi connectivity index (χ1) is 14.2. The van der Waals surface area contributed by atoms with E-state index in [4.69, 9.17) is 4.74 Å². The Kier molecular flexibility index (Phi) is 5.61. The van der Waals surface area contributed by atoms with Crippen molar-refractivity contribution in [3.8, 4) is 5.75 Å². The van der Waals surface area contributed by atoms with Gasteiger partial charge >= 0.3 is 0 Å².